The van der Waals surface area contributed by atoms with Gasteiger partial charge < -0.3 is 9.80 Å². The molecule has 4 aliphatic rings. The van der Waals surface area contributed by atoms with E-state index in [2.05, 4.69) is 70.9 Å². The molecule has 8 nitrogen and oxygen atoms in total. The molecule has 3 aromatic carbocycles. The van der Waals surface area contributed by atoms with Crippen molar-refractivity contribution in [1.29, 1.82) is 0 Å². The maximum Gasteiger partial charge on any atom is 0.255 e. The Morgan fingerprint density at radius 3 is 2.05 bits per heavy atom. The van der Waals surface area contributed by atoms with E-state index in [0.717, 1.165) is 18.7 Å². The van der Waals surface area contributed by atoms with Crippen molar-refractivity contribution >= 4 is 23.6 Å². The molecule has 208 valence electrons. The van der Waals surface area contributed by atoms with Crippen LogP contribution in [-0.2, 0) is 16.1 Å². The van der Waals surface area contributed by atoms with Gasteiger partial charge in [0.05, 0.1) is 6.04 Å². The number of carbonyl (C=O) groups excluding carboxylic acids is 4. The lowest BCUT2D eigenvalue weighted by molar-refractivity contribution is -0.136. The minimum Gasteiger partial charge on any atom is -0.338 e. The highest BCUT2D eigenvalue weighted by atomic mass is 16.2. The fourth-order valence-electron chi connectivity index (χ4n) is 7.18. The van der Waals surface area contributed by atoms with Crippen LogP contribution < -0.4 is 5.32 Å². The molecule has 3 aromatic rings. The molecule has 7 rings (SSSR count). The molecule has 3 saturated heterocycles. The van der Waals surface area contributed by atoms with E-state index in [4.69, 9.17) is 0 Å². The summed E-state index contributed by atoms with van der Waals surface area (Å²) in [7, 11) is 0. The topological polar surface area (TPSA) is 90.0 Å². The number of hydrogen-bond acceptors (Lipinski definition) is 5. The lowest BCUT2D eigenvalue weighted by atomic mass is 9.97. The van der Waals surface area contributed by atoms with Gasteiger partial charge in [0.2, 0.25) is 11.8 Å². The number of benzene rings is 3. The molecule has 4 amide bonds. The summed E-state index contributed by atoms with van der Waals surface area (Å²) in [5, 5.41) is 2.33. The van der Waals surface area contributed by atoms with Gasteiger partial charge in [-0.25, -0.2) is 0 Å². The second kappa shape index (κ2) is 10.3. The van der Waals surface area contributed by atoms with Crippen molar-refractivity contribution < 1.29 is 19.2 Å². The summed E-state index contributed by atoms with van der Waals surface area (Å²) < 4.78 is 0. The Kier molecular flexibility index (Phi) is 6.43. The Morgan fingerprint density at radius 2 is 1.44 bits per heavy atom. The monoisotopic (exact) mass is 548 g/mol. The molecule has 0 aliphatic carbocycles. The molecule has 41 heavy (non-hydrogen) atoms. The Balaban J connectivity index is 1.04. The van der Waals surface area contributed by atoms with Crippen LogP contribution in [0.4, 0.5) is 0 Å². The van der Waals surface area contributed by atoms with Crippen LogP contribution in [0.1, 0.15) is 56.3 Å². The van der Waals surface area contributed by atoms with E-state index in [1.165, 1.54) is 16.0 Å². The Bertz CT molecular complexity index is 1470. The molecule has 4 heterocycles. The average Bonchev–Trinajstić information content (AvgIpc) is 3.66. The molecule has 3 fully saturated rings. The van der Waals surface area contributed by atoms with Crippen molar-refractivity contribution in [3.05, 3.63) is 107 Å². The normalized spacial score (nSPS) is 24.1. The molecular weight excluding hydrogens is 516 g/mol. The smallest absolute Gasteiger partial charge is 0.255 e. The lowest BCUT2D eigenvalue weighted by Crippen LogP contribution is -2.52. The molecule has 3 atom stereocenters. The molecule has 0 saturated carbocycles. The van der Waals surface area contributed by atoms with Crippen molar-refractivity contribution in [2.75, 3.05) is 26.2 Å². The second-order valence-electron chi connectivity index (χ2n) is 11.7. The van der Waals surface area contributed by atoms with E-state index in [-0.39, 0.29) is 36.7 Å². The SMILES string of the molecule is O=C1CCC(N2Cc3cc(C(=O)N4CC5CN(C(c6ccccc6)c6ccccc6)CC5C4)ccc3C2=O)C(=O)N1. The number of nitrogens with one attached hydrogen (secondary N) is 1. The Morgan fingerprint density at radius 1 is 0.805 bits per heavy atom. The first-order valence-electron chi connectivity index (χ1n) is 14.4. The number of likely N-dealkylation sites (tertiary alicyclic amines) is 2. The first-order chi connectivity index (χ1) is 20.0. The van der Waals surface area contributed by atoms with Gasteiger partial charge in [-0.15, -0.1) is 0 Å². The predicted molar refractivity (Wildman–Crippen MR) is 152 cm³/mol. The van der Waals surface area contributed by atoms with Crippen LogP contribution in [-0.4, -0.2) is 70.5 Å². The number of carbonyl (C=O) groups is 4. The summed E-state index contributed by atoms with van der Waals surface area (Å²) >= 11 is 0. The third kappa shape index (κ3) is 4.62. The van der Waals surface area contributed by atoms with Gasteiger partial charge in [0.25, 0.3) is 11.8 Å². The number of amides is 4. The van der Waals surface area contributed by atoms with Gasteiger partial charge in [0, 0.05) is 50.3 Å². The van der Waals surface area contributed by atoms with Gasteiger partial charge in [0.1, 0.15) is 6.04 Å². The number of piperidine rings is 1. The lowest BCUT2D eigenvalue weighted by Gasteiger charge is -2.30. The largest absolute Gasteiger partial charge is 0.338 e. The number of rotatable bonds is 5. The standard InChI is InChI=1S/C33H32N4O4/c38-29-14-13-28(31(39)34-29)37-20-24-15-23(11-12-27(24)33(37)41)32(40)36-18-25-16-35(17-26(25)19-36)30(21-7-3-1-4-8-21)22-9-5-2-6-10-22/h1-12,15,25-26,28,30H,13-14,16-20H2,(H,34,38,39). The first kappa shape index (κ1) is 25.7. The fourth-order valence-corrected chi connectivity index (χ4v) is 7.18. The highest BCUT2D eigenvalue weighted by Gasteiger charge is 2.44. The summed E-state index contributed by atoms with van der Waals surface area (Å²) in [4.78, 5) is 56.6. The zero-order valence-corrected chi connectivity index (χ0v) is 22.7. The summed E-state index contributed by atoms with van der Waals surface area (Å²) in [5.74, 6) is -0.157. The van der Waals surface area contributed by atoms with Crippen LogP contribution in [0.5, 0.6) is 0 Å². The fraction of sp³-hybridized carbons (Fsp3) is 0.333. The van der Waals surface area contributed by atoms with Crippen molar-refractivity contribution in [1.82, 2.24) is 20.0 Å². The Labute approximate surface area is 238 Å². The van der Waals surface area contributed by atoms with Gasteiger partial charge in [-0.2, -0.15) is 0 Å². The molecule has 1 N–H and O–H groups in total. The molecule has 8 heteroatoms. The van der Waals surface area contributed by atoms with Crippen LogP contribution in [0.3, 0.4) is 0 Å². The number of hydrogen-bond donors (Lipinski definition) is 1. The van der Waals surface area contributed by atoms with Crippen molar-refractivity contribution in [3.8, 4) is 0 Å². The molecular formula is C33H32N4O4. The van der Waals surface area contributed by atoms with E-state index in [1.807, 2.05) is 11.0 Å². The molecule has 3 unspecified atom stereocenters. The minimum absolute atomic E-state index is 0.0108. The summed E-state index contributed by atoms with van der Waals surface area (Å²) in [5.41, 5.74) is 4.42. The number of fused-ring (bicyclic) bond motifs is 2. The van der Waals surface area contributed by atoms with E-state index in [1.54, 1.807) is 12.1 Å². The zero-order valence-electron chi connectivity index (χ0n) is 22.7. The van der Waals surface area contributed by atoms with E-state index < -0.39 is 11.9 Å². The van der Waals surface area contributed by atoms with Crippen LogP contribution in [0.15, 0.2) is 78.9 Å². The maximum atomic E-state index is 13.6. The third-order valence-corrected chi connectivity index (χ3v) is 9.17. The van der Waals surface area contributed by atoms with Crippen LogP contribution in [0, 0.1) is 11.8 Å². The van der Waals surface area contributed by atoms with E-state index in [0.29, 0.717) is 42.5 Å². The minimum atomic E-state index is -0.664. The van der Waals surface area contributed by atoms with Crippen LogP contribution >= 0.6 is 0 Å². The summed E-state index contributed by atoms with van der Waals surface area (Å²) in [6.07, 6.45) is 0.533. The van der Waals surface area contributed by atoms with Crippen molar-refractivity contribution in [2.24, 2.45) is 11.8 Å². The molecule has 0 bridgehead atoms. The van der Waals surface area contributed by atoms with Crippen LogP contribution in [0.25, 0.3) is 0 Å². The van der Waals surface area contributed by atoms with Gasteiger partial charge in [-0.05, 0) is 53.1 Å². The molecule has 0 radical (unpaired) electrons. The second-order valence-corrected chi connectivity index (χ2v) is 11.7. The predicted octanol–water partition coefficient (Wildman–Crippen LogP) is 3.24. The Hall–Kier alpha value is -4.30. The van der Waals surface area contributed by atoms with Crippen molar-refractivity contribution in [2.45, 2.75) is 31.5 Å². The third-order valence-electron chi connectivity index (χ3n) is 9.17. The molecule has 4 aliphatic heterocycles. The van der Waals surface area contributed by atoms with E-state index >= 15 is 0 Å². The first-order valence-corrected chi connectivity index (χ1v) is 14.4. The van der Waals surface area contributed by atoms with E-state index in [9.17, 15) is 19.2 Å². The highest BCUT2D eigenvalue weighted by Crippen LogP contribution is 2.39. The van der Waals surface area contributed by atoms with Gasteiger partial charge >= 0.3 is 0 Å². The summed E-state index contributed by atoms with van der Waals surface area (Å²) in [6, 6.07) is 26.0. The quantitative estimate of drug-likeness (QED) is 0.495. The van der Waals surface area contributed by atoms with Gasteiger partial charge in [-0.1, -0.05) is 60.7 Å². The van der Waals surface area contributed by atoms with Crippen LogP contribution in [0.2, 0.25) is 0 Å². The van der Waals surface area contributed by atoms with Crippen molar-refractivity contribution in [3.63, 3.8) is 0 Å². The molecule has 0 aromatic heterocycles. The summed E-state index contributed by atoms with van der Waals surface area (Å²) in [6.45, 7) is 3.57. The number of nitrogens with zero attached hydrogens (tertiary/aromatic N) is 3. The zero-order chi connectivity index (χ0) is 28.1. The van der Waals surface area contributed by atoms with Gasteiger partial charge in [0.15, 0.2) is 0 Å². The average molecular weight is 549 g/mol. The number of imide groups is 1. The molecule has 0 spiro atoms. The van der Waals surface area contributed by atoms with Gasteiger partial charge in [-0.3, -0.25) is 29.4 Å². The maximum absolute atomic E-state index is 13.6. The highest BCUT2D eigenvalue weighted by molar-refractivity contribution is 6.06.